The summed E-state index contributed by atoms with van der Waals surface area (Å²) in [6, 6.07) is 0.957. The van der Waals surface area contributed by atoms with E-state index in [1.54, 1.807) is 13.8 Å². The van der Waals surface area contributed by atoms with E-state index in [9.17, 15) is 22.4 Å². The van der Waals surface area contributed by atoms with Crippen molar-refractivity contribution >= 4 is 11.6 Å². The largest absolute Gasteiger partial charge is 0.486 e. The Morgan fingerprint density at radius 3 is 2.60 bits per heavy atom. The van der Waals surface area contributed by atoms with Gasteiger partial charge < -0.3 is 4.74 Å². The van der Waals surface area contributed by atoms with Crippen molar-refractivity contribution in [1.82, 2.24) is 9.78 Å². The lowest BCUT2D eigenvalue weighted by molar-refractivity contribution is -0.138. The van der Waals surface area contributed by atoms with Crippen LogP contribution in [0, 0.1) is 12.7 Å². The van der Waals surface area contributed by atoms with Crippen molar-refractivity contribution in [2.24, 2.45) is 0 Å². The zero-order valence-corrected chi connectivity index (χ0v) is 14.2. The molecule has 1 aromatic carbocycles. The van der Waals surface area contributed by atoms with Gasteiger partial charge in [0.15, 0.2) is 5.82 Å². The molecule has 2 heterocycles. The molecule has 1 aromatic heterocycles. The molecule has 0 amide bonds. The van der Waals surface area contributed by atoms with Gasteiger partial charge in [-0.2, -0.15) is 23.0 Å². The number of ether oxygens (including phenoxy) is 1. The summed E-state index contributed by atoms with van der Waals surface area (Å²) in [7, 11) is 0. The van der Waals surface area contributed by atoms with Crippen LogP contribution in [0.5, 0.6) is 5.75 Å². The maximum Gasteiger partial charge on any atom is 0.418 e. The molecule has 0 saturated carbocycles. The summed E-state index contributed by atoms with van der Waals surface area (Å²) in [4.78, 5) is 12.4. The number of nitrogens with zero attached hydrogens (tertiary/aromatic N) is 2. The molecule has 0 bridgehead atoms. The number of benzene rings is 1. The van der Waals surface area contributed by atoms with Crippen LogP contribution in [-0.2, 0) is 12.6 Å². The molecule has 2 aromatic rings. The van der Waals surface area contributed by atoms with E-state index in [0.717, 1.165) is 13.0 Å². The van der Waals surface area contributed by atoms with Crippen LogP contribution in [-0.4, -0.2) is 15.4 Å². The average Bonchev–Trinajstić information content (AvgIpc) is 2.78. The van der Waals surface area contributed by atoms with E-state index in [1.165, 1.54) is 0 Å². The zero-order valence-electron chi connectivity index (χ0n) is 13.5. The molecule has 3 rings (SSSR count). The monoisotopic (exact) mass is 376 g/mol. The van der Waals surface area contributed by atoms with Gasteiger partial charge in [0.2, 0.25) is 0 Å². The number of aromatic nitrogens is 2. The molecule has 0 atom stereocenters. The molecule has 0 unspecified atom stereocenters. The first-order chi connectivity index (χ1) is 11.4. The lowest BCUT2D eigenvalue weighted by atomic mass is 10.00. The molecule has 0 radical (unpaired) electrons. The molecular weight excluding hydrogens is 364 g/mol. The number of rotatable bonds is 1. The van der Waals surface area contributed by atoms with E-state index >= 15 is 0 Å². The van der Waals surface area contributed by atoms with Crippen LogP contribution >= 0.6 is 11.6 Å². The Morgan fingerprint density at radius 1 is 1.36 bits per heavy atom. The third-order valence-corrected chi connectivity index (χ3v) is 4.25. The Hall–Kier alpha value is -2.09. The minimum absolute atomic E-state index is 0.0264. The van der Waals surface area contributed by atoms with Gasteiger partial charge in [-0.25, -0.2) is 4.39 Å². The van der Waals surface area contributed by atoms with E-state index in [1.807, 2.05) is 0 Å². The number of halogens is 5. The minimum Gasteiger partial charge on any atom is -0.486 e. The smallest absolute Gasteiger partial charge is 0.418 e. The molecular formula is C16H13ClF4N2O2. The van der Waals surface area contributed by atoms with E-state index < -0.39 is 34.3 Å². The third kappa shape index (κ3) is 2.88. The zero-order chi connectivity index (χ0) is 18.7. The maximum absolute atomic E-state index is 14.5. The van der Waals surface area contributed by atoms with Crippen LogP contribution in [0.25, 0.3) is 5.69 Å². The highest BCUT2D eigenvalue weighted by atomic mass is 35.5. The lowest BCUT2D eigenvalue weighted by Crippen LogP contribution is -2.29. The van der Waals surface area contributed by atoms with Crippen molar-refractivity contribution in [1.29, 1.82) is 0 Å². The van der Waals surface area contributed by atoms with Crippen molar-refractivity contribution in [2.75, 3.05) is 0 Å². The van der Waals surface area contributed by atoms with Crippen LogP contribution in [0.4, 0.5) is 17.6 Å². The van der Waals surface area contributed by atoms with Gasteiger partial charge in [-0.3, -0.25) is 4.79 Å². The summed E-state index contributed by atoms with van der Waals surface area (Å²) in [5.41, 5.74) is -3.42. The fourth-order valence-electron chi connectivity index (χ4n) is 2.87. The number of hydrogen-bond donors (Lipinski definition) is 0. The fraction of sp³-hybridized carbons (Fsp3) is 0.375. The van der Waals surface area contributed by atoms with Gasteiger partial charge in [-0.05, 0) is 26.8 Å². The first-order valence-electron chi connectivity index (χ1n) is 7.29. The Kier molecular flexibility index (Phi) is 3.87. The molecule has 9 heteroatoms. The van der Waals surface area contributed by atoms with Gasteiger partial charge in [-0.1, -0.05) is 11.6 Å². The fourth-order valence-corrected chi connectivity index (χ4v) is 3.11. The van der Waals surface area contributed by atoms with Crippen LogP contribution < -0.4 is 10.3 Å². The second kappa shape index (κ2) is 5.45. The summed E-state index contributed by atoms with van der Waals surface area (Å²) < 4.78 is 59.6. The van der Waals surface area contributed by atoms with Crippen molar-refractivity contribution in [2.45, 2.75) is 39.0 Å². The molecule has 0 N–H and O–H groups in total. The summed E-state index contributed by atoms with van der Waals surface area (Å²) in [6.07, 6.45) is -3.98. The molecule has 1 aliphatic heterocycles. The van der Waals surface area contributed by atoms with Gasteiger partial charge in [0.05, 0.1) is 16.8 Å². The molecule has 4 nitrogen and oxygen atoms in total. The van der Waals surface area contributed by atoms with Crippen LogP contribution in [0.3, 0.4) is 0 Å². The highest BCUT2D eigenvalue weighted by molar-refractivity contribution is 6.32. The summed E-state index contributed by atoms with van der Waals surface area (Å²) in [5, 5.41) is 3.56. The van der Waals surface area contributed by atoms with Crippen LogP contribution in [0.15, 0.2) is 17.1 Å². The predicted molar refractivity (Wildman–Crippen MR) is 83.0 cm³/mol. The van der Waals surface area contributed by atoms with E-state index in [0.29, 0.717) is 16.4 Å². The minimum atomic E-state index is -4.72. The summed E-state index contributed by atoms with van der Waals surface area (Å²) >= 11 is 6.00. The Balaban J connectivity index is 2.29. The highest BCUT2D eigenvalue weighted by Crippen LogP contribution is 2.44. The lowest BCUT2D eigenvalue weighted by Gasteiger charge is -2.17. The number of hydrogen-bond acceptors (Lipinski definition) is 3. The SMILES string of the molecule is Cc1c(C(F)(F)F)cnn(-c2c(F)cc(Cl)c3c2CC(C)(C)O3)c1=O. The molecule has 25 heavy (non-hydrogen) atoms. The molecule has 134 valence electrons. The molecule has 0 aliphatic carbocycles. The van der Waals surface area contributed by atoms with Crippen LogP contribution in [0.1, 0.15) is 30.5 Å². The van der Waals surface area contributed by atoms with Crippen molar-refractivity contribution in [3.63, 3.8) is 0 Å². The number of fused-ring (bicyclic) bond motifs is 1. The normalized spacial score (nSPS) is 15.8. The third-order valence-electron chi connectivity index (χ3n) is 3.97. The molecule has 0 spiro atoms. The highest BCUT2D eigenvalue weighted by Gasteiger charge is 2.38. The quantitative estimate of drug-likeness (QED) is 0.705. The number of alkyl halides is 3. The predicted octanol–water partition coefficient (Wildman–Crippen LogP) is 4.07. The molecule has 1 aliphatic rings. The second-order valence-electron chi connectivity index (χ2n) is 6.43. The van der Waals surface area contributed by atoms with Crippen molar-refractivity contribution < 1.29 is 22.3 Å². The Morgan fingerprint density at radius 2 is 2.00 bits per heavy atom. The first-order valence-corrected chi connectivity index (χ1v) is 7.66. The van der Waals surface area contributed by atoms with Gasteiger partial charge in [0.25, 0.3) is 5.56 Å². The van der Waals surface area contributed by atoms with Crippen LogP contribution in [0.2, 0.25) is 5.02 Å². The first kappa shape index (κ1) is 17.7. The Labute approximate surface area is 145 Å². The van der Waals surface area contributed by atoms with Gasteiger partial charge in [-0.15, -0.1) is 0 Å². The van der Waals surface area contributed by atoms with E-state index in [2.05, 4.69) is 5.10 Å². The van der Waals surface area contributed by atoms with Gasteiger partial charge in [0, 0.05) is 17.5 Å². The topological polar surface area (TPSA) is 44.1 Å². The standard InChI is InChI=1S/C16H13ClF4N2O2/c1-7-9(16(19,20)21)6-22-23(14(7)24)12-8-5-15(2,3)25-13(8)10(17)4-11(12)18/h4,6H,5H2,1-3H3. The summed E-state index contributed by atoms with van der Waals surface area (Å²) in [5.74, 6) is -0.659. The average molecular weight is 377 g/mol. The van der Waals surface area contributed by atoms with Crippen molar-refractivity contribution in [3.8, 4) is 11.4 Å². The molecule has 0 saturated heterocycles. The Bertz CT molecular complexity index is 935. The van der Waals surface area contributed by atoms with Gasteiger partial charge in [0.1, 0.15) is 17.0 Å². The van der Waals surface area contributed by atoms with E-state index in [-0.39, 0.29) is 22.9 Å². The van der Waals surface area contributed by atoms with Crippen molar-refractivity contribution in [3.05, 3.63) is 50.1 Å². The van der Waals surface area contributed by atoms with E-state index in [4.69, 9.17) is 16.3 Å². The summed E-state index contributed by atoms with van der Waals surface area (Å²) in [6.45, 7) is 4.52. The second-order valence-corrected chi connectivity index (χ2v) is 6.84. The maximum atomic E-state index is 14.5. The molecule has 0 fully saturated rings. The van der Waals surface area contributed by atoms with Gasteiger partial charge >= 0.3 is 6.18 Å².